The molecule has 9 heteroatoms. The van der Waals surface area contributed by atoms with E-state index in [1.54, 1.807) is 11.8 Å². The largest absolute Gasteiger partial charge is 0.378 e. The Morgan fingerprint density at radius 3 is 2.53 bits per heavy atom. The number of nitrogens with one attached hydrogen (secondary N) is 1. The fourth-order valence-electron chi connectivity index (χ4n) is 3.65. The molecule has 2 aliphatic rings. The maximum absolute atomic E-state index is 12.7. The molecule has 2 fully saturated rings. The maximum atomic E-state index is 12.7. The Morgan fingerprint density at radius 2 is 1.80 bits per heavy atom. The molecular formula is C21H28N6O2S. The number of amides is 2. The van der Waals surface area contributed by atoms with Crippen molar-refractivity contribution in [3.63, 3.8) is 0 Å². The summed E-state index contributed by atoms with van der Waals surface area (Å²) in [5.41, 5.74) is 1.78. The highest BCUT2D eigenvalue weighted by molar-refractivity contribution is 7.98. The van der Waals surface area contributed by atoms with E-state index in [9.17, 15) is 4.79 Å². The molecule has 160 valence electrons. The number of hydrogen-bond donors (Lipinski definition) is 1. The highest BCUT2D eigenvalue weighted by atomic mass is 32.2. The van der Waals surface area contributed by atoms with Crippen LogP contribution in [0.25, 0.3) is 0 Å². The number of hydrogen-bond acceptors (Lipinski definition) is 7. The number of carbonyl (C=O) groups excluding carboxylic acids is 1. The Kier molecular flexibility index (Phi) is 6.59. The molecule has 2 aromatic rings. The van der Waals surface area contributed by atoms with Gasteiger partial charge in [-0.25, -0.2) is 9.78 Å². The van der Waals surface area contributed by atoms with Gasteiger partial charge in [0.2, 0.25) is 5.95 Å². The predicted octanol–water partition coefficient (Wildman–Crippen LogP) is 2.70. The zero-order valence-corrected chi connectivity index (χ0v) is 18.3. The Balaban J connectivity index is 1.37. The first-order chi connectivity index (χ1) is 14.6. The van der Waals surface area contributed by atoms with Gasteiger partial charge in [0.05, 0.1) is 13.2 Å². The lowest BCUT2D eigenvalue weighted by molar-refractivity contribution is 0.122. The van der Waals surface area contributed by atoms with Crippen molar-refractivity contribution in [2.24, 2.45) is 0 Å². The molecule has 2 saturated heterocycles. The summed E-state index contributed by atoms with van der Waals surface area (Å²) in [4.78, 5) is 29.5. The van der Waals surface area contributed by atoms with E-state index in [0.29, 0.717) is 26.2 Å². The minimum Gasteiger partial charge on any atom is -0.378 e. The standard InChI is InChI=1S/C21H28N6O2S/c1-16-14-19(25-10-12-29-13-11-25)24-20(22-16)26-6-8-27(9-7-26)21(28)23-17-4-3-5-18(15-17)30-2/h3-5,14-15H,6-13H2,1-2H3,(H,23,28). The van der Waals surface area contributed by atoms with Gasteiger partial charge in [-0.05, 0) is 31.4 Å². The number of carbonyl (C=O) groups is 1. The van der Waals surface area contributed by atoms with Crippen LogP contribution in [0.15, 0.2) is 35.2 Å². The first kappa shape index (κ1) is 20.7. The zero-order valence-electron chi connectivity index (χ0n) is 17.5. The second-order valence-electron chi connectivity index (χ2n) is 7.40. The van der Waals surface area contributed by atoms with E-state index in [4.69, 9.17) is 9.72 Å². The van der Waals surface area contributed by atoms with Gasteiger partial charge in [-0.3, -0.25) is 0 Å². The molecule has 0 saturated carbocycles. The Labute approximate surface area is 181 Å². The van der Waals surface area contributed by atoms with Gasteiger partial charge in [-0.15, -0.1) is 11.8 Å². The summed E-state index contributed by atoms with van der Waals surface area (Å²) in [7, 11) is 0. The van der Waals surface area contributed by atoms with Crippen LogP contribution in [0.4, 0.5) is 22.2 Å². The lowest BCUT2D eigenvalue weighted by Crippen LogP contribution is -2.50. The van der Waals surface area contributed by atoms with Gasteiger partial charge < -0.3 is 24.8 Å². The first-order valence-electron chi connectivity index (χ1n) is 10.3. The second kappa shape index (κ2) is 9.53. The molecule has 1 aromatic heterocycles. The summed E-state index contributed by atoms with van der Waals surface area (Å²) < 4.78 is 5.45. The van der Waals surface area contributed by atoms with E-state index in [0.717, 1.165) is 54.3 Å². The average molecular weight is 429 g/mol. The number of piperazine rings is 1. The van der Waals surface area contributed by atoms with Crippen LogP contribution in [-0.4, -0.2) is 79.6 Å². The lowest BCUT2D eigenvalue weighted by Gasteiger charge is -2.35. The summed E-state index contributed by atoms with van der Waals surface area (Å²) in [5.74, 6) is 1.69. The van der Waals surface area contributed by atoms with Crippen LogP contribution in [0.2, 0.25) is 0 Å². The van der Waals surface area contributed by atoms with Crippen molar-refractivity contribution < 1.29 is 9.53 Å². The molecule has 0 bridgehead atoms. The number of nitrogens with zero attached hydrogens (tertiary/aromatic N) is 5. The molecule has 0 atom stereocenters. The highest BCUT2D eigenvalue weighted by Gasteiger charge is 2.24. The quantitative estimate of drug-likeness (QED) is 0.751. The smallest absolute Gasteiger partial charge is 0.321 e. The molecule has 2 aliphatic heterocycles. The van der Waals surface area contributed by atoms with Crippen molar-refractivity contribution in [3.8, 4) is 0 Å². The van der Waals surface area contributed by atoms with E-state index in [1.165, 1.54) is 0 Å². The van der Waals surface area contributed by atoms with Crippen LogP contribution >= 0.6 is 11.8 Å². The maximum Gasteiger partial charge on any atom is 0.321 e. The van der Waals surface area contributed by atoms with Gasteiger partial charge in [-0.1, -0.05) is 6.07 Å². The Hall–Kier alpha value is -2.52. The SMILES string of the molecule is CSc1cccc(NC(=O)N2CCN(c3nc(C)cc(N4CCOCC4)n3)CC2)c1. The van der Waals surface area contributed by atoms with Crippen LogP contribution in [-0.2, 0) is 4.74 Å². The third-order valence-corrected chi connectivity index (χ3v) is 6.06. The first-order valence-corrected chi connectivity index (χ1v) is 11.5. The molecule has 1 N–H and O–H groups in total. The molecule has 0 radical (unpaired) electrons. The third-order valence-electron chi connectivity index (χ3n) is 5.33. The molecule has 4 rings (SSSR count). The van der Waals surface area contributed by atoms with Crippen molar-refractivity contribution in [2.45, 2.75) is 11.8 Å². The van der Waals surface area contributed by atoms with Gasteiger partial charge in [0.15, 0.2) is 0 Å². The number of benzene rings is 1. The summed E-state index contributed by atoms with van der Waals surface area (Å²) in [6.07, 6.45) is 2.03. The number of anilines is 3. The summed E-state index contributed by atoms with van der Waals surface area (Å²) >= 11 is 1.66. The molecule has 8 nitrogen and oxygen atoms in total. The molecule has 3 heterocycles. The monoisotopic (exact) mass is 428 g/mol. The van der Waals surface area contributed by atoms with Crippen LogP contribution in [0, 0.1) is 6.92 Å². The number of rotatable bonds is 4. The molecular weight excluding hydrogens is 400 g/mol. The Bertz CT molecular complexity index is 882. The van der Waals surface area contributed by atoms with Crippen LogP contribution < -0.4 is 15.1 Å². The average Bonchev–Trinajstić information content (AvgIpc) is 2.79. The third kappa shape index (κ3) is 4.96. The van der Waals surface area contributed by atoms with Crippen molar-refractivity contribution >= 4 is 35.2 Å². The predicted molar refractivity (Wildman–Crippen MR) is 121 cm³/mol. The van der Waals surface area contributed by atoms with Gasteiger partial charge in [0.25, 0.3) is 0 Å². The van der Waals surface area contributed by atoms with E-state index < -0.39 is 0 Å². The second-order valence-corrected chi connectivity index (χ2v) is 8.28. The van der Waals surface area contributed by atoms with Crippen molar-refractivity contribution in [1.29, 1.82) is 0 Å². The van der Waals surface area contributed by atoms with Crippen molar-refractivity contribution in [3.05, 3.63) is 36.0 Å². The number of morpholine rings is 1. The lowest BCUT2D eigenvalue weighted by atomic mass is 10.3. The number of aromatic nitrogens is 2. The number of aryl methyl sites for hydroxylation is 1. The van der Waals surface area contributed by atoms with Crippen LogP contribution in [0.1, 0.15) is 5.69 Å². The summed E-state index contributed by atoms with van der Waals surface area (Å²) in [6, 6.07) is 9.87. The van der Waals surface area contributed by atoms with Gasteiger partial charge in [0.1, 0.15) is 5.82 Å². The van der Waals surface area contributed by atoms with Gasteiger partial charge >= 0.3 is 6.03 Å². The summed E-state index contributed by atoms with van der Waals surface area (Å²) in [6.45, 7) is 7.85. The molecule has 0 unspecified atom stereocenters. The number of thioether (sulfide) groups is 1. The Morgan fingerprint density at radius 1 is 1.03 bits per heavy atom. The topological polar surface area (TPSA) is 73.8 Å². The van der Waals surface area contributed by atoms with Crippen LogP contribution in [0.5, 0.6) is 0 Å². The van der Waals surface area contributed by atoms with E-state index in [1.807, 2.05) is 48.4 Å². The fraction of sp³-hybridized carbons (Fsp3) is 0.476. The van der Waals surface area contributed by atoms with Crippen molar-refractivity contribution in [1.82, 2.24) is 14.9 Å². The molecule has 2 amide bonds. The van der Waals surface area contributed by atoms with Gasteiger partial charge in [-0.2, -0.15) is 4.98 Å². The van der Waals surface area contributed by atoms with E-state index >= 15 is 0 Å². The minimum absolute atomic E-state index is 0.0629. The van der Waals surface area contributed by atoms with Gasteiger partial charge in [0, 0.05) is 61.6 Å². The molecule has 30 heavy (non-hydrogen) atoms. The highest BCUT2D eigenvalue weighted by Crippen LogP contribution is 2.21. The number of urea groups is 1. The van der Waals surface area contributed by atoms with E-state index in [2.05, 4.69) is 20.1 Å². The zero-order chi connectivity index (χ0) is 20.9. The molecule has 0 spiro atoms. The number of ether oxygens (including phenoxy) is 1. The molecule has 0 aliphatic carbocycles. The minimum atomic E-state index is -0.0629. The van der Waals surface area contributed by atoms with Crippen molar-refractivity contribution in [2.75, 3.05) is 73.9 Å². The molecule has 1 aromatic carbocycles. The fourth-order valence-corrected chi connectivity index (χ4v) is 4.10. The van der Waals surface area contributed by atoms with E-state index in [-0.39, 0.29) is 6.03 Å². The summed E-state index contributed by atoms with van der Waals surface area (Å²) in [5, 5.41) is 3.01. The normalized spacial score (nSPS) is 17.2. The van der Waals surface area contributed by atoms with Crippen LogP contribution in [0.3, 0.4) is 0 Å².